The molecule has 0 unspecified atom stereocenters. The topological polar surface area (TPSA) is 71.2 Å². The molecule has 1 aromatic carbocycles. The van der Waals surface area contributed by atoms with Crippen molar-refractivity contribution < 1.29 is 4.79 Å². The van der Waals surface area contributed by atoms with Crippen LogP contribution in [-0.4, -0.2) is 24.0 Å². The minimum absolute atomic E-state index is 0.162. The third-order valence-corrected chi connectivity index (χ3v) is 7.12. The lowest BCUT2D eigenvalue weighted by atomic mass is 9.86. The average Bonchev–Trinajstić information content (AvgIpc) is 3.01. The molecule has 5 nitrogen and oxygen atoms in total. The van der Waals surface area contributed by atoms with Crippen molar-refractivity contribution in [2.24, 2.45) is 0 Å². The van der Waals surface area contributed by atoms with Crippen LogP contribution in [-0.2, 0) is 0 Å². The number of carbonyl (C=O) groups is 1. The summed E-state index contributed by atoms with van der Waals surface area (Å²) >= 11 is 1.39. The number of carbonyl (C=O) groups excluding carboxylic acids is 1. The van der Waals surface area contributed by atoms with Crippen molar-refractivity contribution in [2.75, 3.05) is 29.0 Å². The number of aromatic nitrogens is 1. The molecule has 0 spiro atoms. The second-order valence-corrected chi connectivity index (χ2v) is 8.55. The van der Waals surface area contributed by atoms with Crippen LogP contribution in [0.5, 0.6) is 0 Å². The molecule has 0 radical (unpaired) electrons. The van der Waals surface area contributed by atoms with Crippen molar-refractivity contribution in [3.63, 3.8) is 0 Å². The van der Waals surface area contributed by atoms with E-state index in [1.54, 1.807) is 0 Å². The number of fused-ring (bicyclic) bond motifs is 3. The van der Waals surface area contributed by atoms with Gasteiger partial charge in [0.1, 0.15) is 9.71 Å². The second-order valence-electron chi connectivity index (χ2n) is 7.55. The van der Waals surface area contributed by atoms with Crippen LogP contribution in [0.15, 0.2) is 24.3 Å². The summed E-state index contributed by atoms with van der Waals surface area (Å²) < 4.78 is 0. The summed E-state index contributed by atoms with van der Waals surface area (Å²) in [6, 6.07) is 8.05. The Labute approximate surface area is 162 Å². The normalized spacial score (nSPS) is 16.0. The van der Waals surface area contributed by atoms with Crippen LogP contribution in [0.25, 0.3) is 10.2 Å². The standard InChI is InChI=1S/C21H22N4OS/c1-11-4-3-5-15(12(11)2)23-20(26)19-17(22)14-10-16-18(24-21(14)27-19)13-6-8-25(16)9-7-13/h3-5,10,13H,6-9,22H2,1-2H3,(H,23,26). The lowest BCUT2D eigenvalue weighted by Crippen LogP contribution is -2.39. The van der Waals surface area contributed by atoms with E-state index in [1.807, 2.05) is 32.0 Å². The summed E-state index contributed by atoms with van der Waals surface area (Å²) in [5.41, 5.74) is 12.4. The highest BCUT2D eigenvalue weighted by Crippen LogP contribution is 2.45. The van der Waals surface area contributed by atoms with Crippen molar-refractivity contribution in [3.05, 3.63) is 46.0 Å². The number of hydrogen-bond donors (Lipinski definition) is 2. The summed E-state index contributed by atoms with van der Waals surface area (Å²) in [4.78, 5) is 21.6. The van der Waals surface area contributed by atoms with Crippen molar-refractivity contribution in [2.45, 2.75) is 32.6 Å². The van der Waals surface area contributed by atoms with Crippen molar-refractivity contribution >= 4 is 44.5 Å². The summed E-state index contributed by atoms with van der Waals surface area (Å²) in [5.74, 6) is 0.385. The number of aryl methyl sites for hydroxylation is 1. The Balaban J connectivity index is 1.55. The number of nitrogens with two attached hydrogens (primary N) is 1. The third kappa shape index (κ3) is 2.51. The zero-order valence-corrected chi connectivity index (χ0v) is 16.3. The van der Waals surface area contributed by atoms with Crippen molar-refractivity contribution in [3.8, 4) is 0 Å². The summed E-state index contributed by atoms with van der Waals surface area (Å²) in [7, 11) is 0. The van der Waals surface area contributed by atoms with Crippen molar-refractivity contribution in [1.82, 2.24) is 4.98 Å². The van der Waals surface area contributed by atoms with E-state index in [0.717, 1.165) is 40.1 Å². The number of rotatable bonds is 2. The first-order valence-corrected chi connectivity index (χ1v) is 10.2. The Hall–Kier alpha value is -2.60. The largest absolute Gasteiger partial charge is 0.397 e. The zero-order chi connectivity index (χ0) is 18.7. The zero-order valence-electron chi connectivity index (χ0n) is 15.5. The number of nitrogens with zero attached hydrogens (tertiary/aromatic N) is 2. The Morgan fingerprint density at radius 1 is 1.30 bits per heavy atom. The first kappa shape index (κ1) is 16.6. The molecule has 0 saturated carbocycles. The van der Waals surface area contributed by atoms with Gasteiger partial charge in [-0.2, -0.15) is 0 Å². The lowest BCUT2D eigenvalue weighted by Gasteiger charge is -2.41. The highest BCUT2D eigenvalue weighted by atomic mass is 32.1. The van der Waals surface area contributed by atoms with Crippen molar-refractivity contribution in [1.29, 1.82) is 0 Å². The SMILES string of the molecule is Cc1cccc(NC(=O)c2sc3nc4c(cc3c2N)N2CCC4CC2)c1C. The Morgan fingerprint density at radius 3 is 2.85 bits per heavy atom. The number of nitrogens with one attached hydrogen (secondary N) is 1. The number of hydrogen-bond acceptors (Lipinski definition) is 5. The molecule has 0 aliphatic carbocycles. The van der Waals surface area contributed by atoms with Crippen LogP contribution in [0.3, 0.4) is 0 Å². The fourth-order valence-corrected chi connectivity index (χ4v) is 5.21. The summed E-state index contributed by atoms with van der Waals surface area (Å²) in [6.45, 7) is 6.24. The number of piperidine rings is 1. The monoisotopic (exact) mass is 378 g/mol. The molecule has 2 bridgehead atoms. The highest BCUT2D eigenvalue weighted by molar-refractivity contribution is 7.21. The molecule has 138 valence electrons. The van der Waals surface area contributed by atoms with E-state index >= 15 is 0 Å². The molecule has 1 saturated heterocycles. The van der Waals surface area contributed by atoms with Gasteiger partial charge in [0.25, 0.3) is 5.91 Å². The van der Waals surface area contributed by atoms with Gasteiger partial charge in [0.2, 0.25) is 0 Å². The van der Waals surface area contributed by atoms with Gasteiger partial charge in [0, 0.05) is 30.1 Å². The molecule has 6 heteroatoms. The second kappa shape index (κ2) is 5.96. The molecule has 1 amide bonds. The molecule has 1 fully saturated rings. The maximum Gasteiger partial charge on any atom is 0.267 e. The van der Waals surface area contributed by atoms with Gasteiger partial charge < -0.3 is 16.0 Å². The van der Waals surface area contributed by atoms with Gasteiger partial charge >= 0.3 is 0 Å². The predicted octanol–water partition coefficient (Wildman–Crippen LogP) is 4.45. The van der Waals surface area contributed by atoms with Gasteiger partial charge in [-0.25, -0.2) is 4.98 Å². The van der Waals surface area contributed by atoms with Gasteiger partial charge in [-0.15, -0.1) is 11.3 Å². The van der Waals surface area contributed by atoms with Crippen LogP contribution in [0, 0.1) is 13.8 Å². The maximum atomic E-state index is 12.9. The van der Waals surface area contributed by atoms with E-state index in [2.05, 4.69) is 16.3 Å². The number of pyridine rings is 1. The van der Waals surface area contributed by atoms with Gasteiger partial charge in [-0.3, -0.25) is 4.79 Å². The number of amides is 1. The molecule has 0 atom stereocenters. The maximum absolute atomic E-state index is 12.9. The van der Waals surface area contributed by atoms with E-state index in [1.165, 1.54) is 35.6 Å². The van der Waals surface area contributed by atoms with Gasteiger partial charge in [-0.05, 0) is 49.9 Å². The Morgan fingerprint density at radius 2 is 2.07 bits per heavy atom. The van der Waals surface area contributed by atoms with E-state index < -0.39 is 0 Å². The number of benzene rings is 1. The first-order chi connectivity index (χ1) is 13.0. The number of anilines is 3. The Bertz CT molecular complexity index is 1080. The number of thiophene rings is 1. The van der Waals surface area contributed by atoms with Crippen LogP contribution in [0.2, 0.25) is 0 Å². The minimum Gasteiger partial charge on any atom is -0.397 e. The Kier molecular flexibility index (Phi) is 3.65. The van der Waals surface area contributed by atoms with Gasteiger partial charge in [0.15, 0.2) is 0 Å². The van der Waals surface area contributed by atoms with Crippen LogP contribution >= 0.6 is 11.3 Å². The summed E-state index contributed by atoms with van der Waals surface area (Å²) in [5, 5.41) is 3.92. The predicted molar refractivity (Wildman–Crippen MR) is 112 cm³/mol. The smallest absolute Gasteiger partial charge is 0.267 e. The van der Waals surface area contributed by atoms with E-state index in [-0.39, 0.29) is 5.91 Å². The first-order valence-electron chi connectivity index (χ1n) is 9.38. The molecular weight excluding hydrogens is 356 g/mol. The molecule has 27 heavy (non-hydrogen) atoms. The number of nitrogen functional groups attached to an aromatic ring is 1. The molecule has 5 heterocycles. The fraction of sp³-hybridized carbons (Fsp3) is 0.333. The molecule has 3 aliphatic rings. The third-order valence-electron chi connectivity index (χ3n) is 6.01. The average molecular weight is 379 g/mol. The van der Waals surface area contributed by atoms with E-state index in [4.69, 9.17) is 10.7 Å². The molecular formula is C21H22N4OS. The van der Waals surface area contributed by atoms with Crippen LogP contribution in [0.1, 0.15) is 45.3 Å². The molecule has 3 aliphatic heterocycles. The molecule has 6 rings (SSSR count). The summed E-state index contributed by atoms with van der Waals surface area (Å²) in [6.07, 6.45) is 2.35. The molecule has 3 aromatic rings. The molecule has 2 aromatic heterocycles. The molecule has 3 N–H and O–H groups in total. The fourth-order valence-electron chi connectivity index (χ4n) is 4.23. The van der Waals surface area contributed by atoms with E-state index in [0.29, 0.717) is 16.5 Å². The highest BCUT2D eigenvalue weighted by Gasteiger charge is 2.33. The minimum atomic E-state index is -0.162. The van der Waals surface area contributed by atoms with Gasteiger partial charge in [0.05, 0.1) is 17.1 Å². The quantitative estimate of drug-likeness (QED) is 0.691. The lowest BCUT2D eigenvalue weighted by molar-refractivity contribution is 0.103. The van der Waals surface area contributed by atoms with Gasteiger partial charge in [-0.1, -0.05) is 12.1 Å². The van der Waals surface area contributed by atoms with E-state index in [9.17, 15) is 4.79 Å². The van der Waals surface area contributed by atoms with Crippen LogP contribution < -0.4 is 16.0 Å². The van der Waals surface area contributed by atoms with Crippen LogP contribution in [0.4, 0.5) is 17.1 Å².